The van der Waals surface area contributed by atoms with Crippen molar-refractivity contribution >= 4 is 0 Å². The van der Waals surface area contributed by atoms with Crippen LogP contribution in [0.4, 0.5) is 0 Å². The first-order valence-corrected chi connectivity index (χ1v) is 7.26. The van der Waals surface area contributed by atoms with Crippen molar-refractivity contribution in [2.24, 2.45) is 11.7 Å². The van der Waals surface area contributed by atoms with Gasteiger partial charge in [-0.05, 0) is 54.9 Å². The lowest BCUT2D eigenvalue weighted by atomic mass is 9.91. The van der Waals surface area contributed by atoms with Crippen molar-refractivity contribution in [1.82, 2.24) is 0 Å². The maximum Gasteiger partial charge on any atom is 0.137 e. The van der Waals surface area contributed by atoms with Crippen LogP contribution < -0.4 is 10.5 Å². The van der Waals surface area contributed by atoms with E-state index < -0.39 is 0 Å². The molecule has 0 saturated heterocycles. The molecule has 0 bridgehead atoms. The van der Waals surface area contributed by atoms with Crippen LogP contribution in [-0.4, -0.2) is 23.9 Å². The highest BCUT2D eigenvalue weighted by molar-refractivity contribution is 5.37. The summed E-state index contributed by atoms with van der Waals surface area (Å²) >= 11 is 0. The Balaban J connectivity index is 2.09. The van der Waals surface area contributed by atoms with Crippen molar-refractivity contribution in [3.8, 4) is 5.75 Å². The number of benzene rings is 1. The van der Waals surface area contributed by atoms with Gasteiger partial charge in [0.05, 0.1) is 6.61 Å². The minimum Gasteiger partial charge on any atom is -0.486 e. The largest absolute Gasteiger partial charge is 0.486 e. The zero-order valence-electron chi connectivity index (χ0n) is 11.9. The van der Waals surface area contributed by atoms with Crippen LogP contribution in [0.2, 0.25) is 0 Å². The number of nitrogens with two attached hydrogens (primary N) is 1. The Labute approximate surface area is 115 Å². The Morgan fingerprint density at radius 1 is 1.21 bits per heavy atom. The van der Waals surface area contributed by atoms with Gasteiger partial charge in [0.25, 0.3) is 0 Å². The van der Waals surface area contributed by atoms with Gasteiger partial charge >= 0.3 is 0 Å². The lowest BCUT2D eigenvalue weighted by Crippen LogP contribution is -2.45. The summed E-state index contributed by atoms with van der Waals surface area (Å²) in [6.07, 6.45) is 4.51. The second-order valence-corrected chi connectivity index (χ2v) is 5.80. The molecule has 3 N–H and O–H groups in total. The molecule has 0 spiro atoms. The highest BCUT2D eigenvalue weighted by atomic mass is 16.5. The number of fused-ring (bicyclic) bond motifs is 1. The summed E-state index contributed by atoms with van der Waals surface area (Å²) in [7, 11) is 0. The fourth-order valence-corrected chi connectivity index (χ4v) is 2.62. The highest BCUT2D eigenvalue weighted by Crippen LogP contribution is 2.26. The number of aliphatic hydroxyl groups excluding tert-OH is 1. The molecule has 0 amide bonds. The van der Waals surface area contributed by atoms with Crippen molar-refractivity contribution in [2.45, 2.75) is 51.7 Å². The Morgan fingerprint density at radius 2 is 1.89 bits per heavy atom. The molecule has 1 aliphatic carbocycles. The average molecular weight is 263 g/mol. The SMILES string of the molecule is CC(C)C(N)C(CO)Oc1ccc2c(c1)CCCC2. The van der Waals surface area contributed by atoms with Gasteiger partial charge in [-0.25, -0.2) is 0 Å². The number of ether oxygens (including phenoxy) is 1. The quantitative estimate of drug-likeness (QED) is 0.857. The third-order valence-electron chi connectivity index (χ3n) is 3.99. The molecule has 0 aliphatic heterocycles. The normalized spacial score (nSPS) is 17.9. The van der Waals surface area contributed by atoms with Crippen molar-refractivity contribution in [3.63, 3.8) is 0 Å². The Morgan fingerprint density at radius 3 is 2.53 bits per heavy atom. The molecule has 0 aromatic heterocycles. The van der Waals surface area contributed by atoms with E-state index in [1.807, 2.05) is 19.9 Å². The lowest BCUT2D eigenvalue weighted by Gasteiger charge is -2.26. The third kappa shape index (κ3) is 3.48. The maximum absolute atomic E-state index is 9.44. The van der Waals surface area contributed by atoms with Crippen molar-refractivity contribution in [2.75, 3.05) is 6.61 Å². The minimum absolute atomic E-state index is 0.0452. The average Bonchev–Trinajstić information content (AvgIpc) is 2.43. The lowest BCUT2D eigenvalue weighted by molar-refractivity contribution is 0.0810. The summed E-state index contributed by atoms with van der Waals surface area (Å²) in [5.74, 6) is 1.12. The van der Waals surface area contributed by atoms with Crippen LogP contribution in [0.15, 0.2) is 18.2 Å². The third-order valence-corrected chi connectivity index (χ3v) is 3.99. The molecular weight excluding hydrogens is 238 g/mol. The van der Waals surface area contributed by atoms with Gasteiger partial charge in [-0.3, -0.25) is 0 Å². The first-order chi connectivity index (χ1) is 9.11. The molecule has 2 unspecified atom stereocenters. The molecule has 19 heavy (non-hydrogen) atoms. The van der Waals surface area contributed by atoms with Crippen LogP contribution in [0.1, 0.15) is 37.8 Å². The van der Waals surface area contributed by atoms with Gasteiger partial charge < -0.3 is 15.6 Å². The number of hydrogen-bond donors (Lipinski definition) is 2. The topological polar surface area (TPSA) is 55.5 Å². The fourth-order valence-electron chi connectivity index (χ4n) is 2.62. The summed E-state index contributed by atoms with van der Waals surface area (Å²) in [5, 5.41) is 9.44. The second kappa shape index (κ2) is 6.40. The second-order valence-electron chi connectivity index (χ2n) is 5.80. The van der Waals surface area contributed by atoms with Crippen molar-refractivity contribution in [1.29, 1.82) is 0 Å². The van der Waals surface area contributed by atoms with E-state index in [1.165, 1.54) is 30.4 Å². The molecule has 0 fully saturated rings. The van der Waals surface area contributed by atoms with Gasteiger partial charge in [-0.1, -0.05) is 19.9 Å². The van der Waals surface area contributed by atoms with Gasteiger partial charge in [0.1, 0.15) is 11.9 Å². The van der Waals surface area contributed by atoms with Crippen LogP contribution >= 0.6 is 0 Å². The molecule has 0 saturated carbocycles. The van der Waals surface area contributed by atoms with Gasteiger partial charge in [-0.2, -0.15) is 0 Å². The summed E-state index contributed by atoms with van der Waals surface area (Å²) in [6, 6.07) is 6.12. The predicted octanol–water partition coefficient (Wildman–Crippen LogP) is 2.29. The molecule has 106 valence electrons. The highest BCUT2D eigenvalue weighted by Gasteiger charge is 2.22. The molecule has 0 heterocycles. The van der Waals surface area contributed by atoms with E-state index in [9.17, 15) is 5.11 Å². The van der Waals surface area contributed by atoms with Crippen LogP contribution in [0.5, 0.6) is 5.75 Å². The van der Waals surface area contributed by atoms with E-state index in [2.05, 4.69) is 12.1 Å². The van der Waals surface area contributed by atoms with E-state index in [-0.39, 0.29) is 24.7 Å². The Kier molecular flexibility index (Phi) is 4.83. The number of rotatable bonds is 5. The first-order valence-electron chi connectivity index (χ1n) is 7.26. The van der Waals surface area contributed by atoms with Gasteiger partial charge in [0.15, 0.2) is 0 Å². The molecule has 3 nitrogen and oxygen atoms in total. The standard InChI is InChI=1S/C16H25NO2/c1-11(2)16(17)15(10-18)19-14-8-7-12-5-3-4-6-13(12)9-14/h7-9,11,15-16,18H,3-6,10,17H2,1-2H3. The van der Waals surface area contributed by atoms with E-state index >= 15 is 0 Å². The number of aryl methyl sites for hydroxylation is 2. The van der Waals surface area contributed by atoms with Crippen molar-refractivity contribution < 1.29 is 9.84 Å². The molecule has 1 aromatic carbocycles. The van der Waals surface area contributed by atoms with Gasteiger partial charge in [0.2, 0.25) is 0 Å². The maximum atomic E-state index is 9.44. The number of aliphatic hydroxyl groups is 1. The van der Waals surface area contributed by atoms with E-state index in [1.54, 1.807) is 0 Å². The van der Waals surface area contributed by atoms with Crippen LogP contribution in [0, 0.1) is 5.92 Å². The van der Waals surface area contributed by atoms with Gasteiger partial charge in [-0.15, -0.1) is 0 Å². The molecule has 0 radical (unpaired) electrons. The van der Waals surface area contributed by atoms with E-state index in [4.69, 9.17) is 10.5 Å². The minimum atomic E-state index is -0.332. The summed E-state index contributed by atoms with van der Waals surface area (Å²) < 4.78 is 5.88. The first kappa shape index (κ1) is 14.4. The summed E-state index contributed by atoms with van der Waals surface area (Å²) in [4.78, 5) is 0. The molecule has 1 aromatic rings. The molecule has 2 rings (SSSR count). The molecular formula is C16H25NO2. The fraction of sp³-hybridized carbons (Fsp3) is 0.625. The summed E-state index contributed by atoms with van der Waals surface area (Å²) in [5.41, 5.74) is 8.90. The predicted molar refractivity (Wildman–Crippen MR) is 77.4 cm³/mol. The number of hydrogen-bond acceptors (Lipinski definition) is 3. The zero-order valence-corrected chi connectivity index (χ0v) is 11.9. The molecule has 3 heteroatoms. The molecule has 2 atom stereocenters. The monoisotopic (exact) mass is 263 g/mol. The van der Waals surface area contributed by atoms with Crippen LogP contribution in [0.3, 0.4) is 0 Å². The van der Waals surface area contributed by atoms with E-state index in [0.29, 0.717) is 0 Å². The van der Waals surface area contributed by atoms with Crippen LogP contribution in [0.25, 0.3) is 0 Å². The van der Waals surface area contributed by atoms with Crippen LogP contribution in [-0.2, 0) is 12.8 Å². The smallest absolute Gasteiger partial charge is 0.137 e. The van der Waals surface area contributed by atoms with Gasteiger partial charge in [0, 0.05) is 6.04 Å². The molecule has 1 aliphatic rings. The Bertz CT molecular complexity index is 417. The van der Waals surface area contributed by atoms with E-state index in [0.717, 1.165) is 12.2 Å². The summed E-state index contributed by atoms with van der Waals surface area (Å²) in [6.45, 7) is 4.05. The zero-order chi connectivity index (χ0) is 13.8. The Hall–Kier alpha value is -1.06. The van der Waals surface area contributed by atoms with Crippen molar-refractivity contribution in [3.05, 3.63) is 29.3 Å².